The maximum Gasteiger partial charge on any atom is 0.323 e. The van der Waals surface area contributed by atoms with Crippen molar-refractivity contribution in [3.05, 3.63) is 0 Å². The summed E-state index contributed by atoms with van der Waals surface area (Å²) in [5.41, 5.74) is 0. The van der Waals surface area contributed by atoms with Gasteiger partial charge in [0, 0.05) is 32.7 Å². The van der Waals surface area contributed by atoms with Crippen molar-refractivity contribution >= 4 is 12.0 Å². The van der Waals surface area contributed by atoms with Crippen molar-refractivity contribution in [2.75, 3.05) is 45.8 Å². The molecule has 2 amide bonds. The van der Waals surface area contributed by atoms with Crippen LogP contribution in [0, 0.1) is 0 Å². The van der Waals surface area contributed by atoms with Crippen molar-refractivity contribution in [2.24, 2.45) is 0 Å². The van der Waals surface area contributed by atoms with Crippen LogP contribution >= 0.6 is 0 Å². The summed E-state index contributed by atoms with van der Waals surface area (Å²) in [7, 11) is 0. The van der Waals surface area contributed by atoms with Gasteiger partial charge >= 0.3 is 12.0 Å². The van der Waals surface area contributed by atoms with Gasteiger partial charge in [-0.15, -0.1) is 0 Å². The molecule has 1 fully saturated rings. The molecule has 19 heavy (non-hydrogen) atoms. The van der Waals surface area contributed by atoms with Gasteiger partial charge in [0.15, 0.2) is 0 Å². The number of urea groups is 1. The Morgan fingerprint density at radius 2 is 1.74 bits per heavy atom. The standard InChI is InChI=1S/C13H25N3O3/c1-3-5-14-7-9-15(10-8-14)13(19)16(6-4-2)11-12(17)18/h3-11H2,1-2H3,(H,17,18). The minimum absolute atomic E-state index is 0.139. The van der Waals surface area contributed by atoms with E-state index in [0.29, 0.717) is 19.6 Å². The van der Waals surface area contributed by atoms with Crippen LogP contribution < -0.4 is 0 Å². The first-order valence-corrected chi connectivity index (χ1v) is 7.06. The Kier molecular flexibility index (Phi) is 6.62. The molecule has 0 aromatic heterocycles. The Morgan fingerprint density at radius 1 is 1.11 bits per heavy atom. The summed E-state index contributed by atoms with van der Waals surface area (Å²) in [5.74, 6) is -0.952. The molecular weight excluding hydrogens is 246 g/mol. The lowest BCUT2D eigenvalue weighted by Gasteiger charge is -2.37. The van der Waals surface area contributed by atoms with Crippen LogP contribution in [0.2, 0.25) is 0 Å². The maximum absolute atomic E-state index is 12.3. The summed E-state index contributed by atoms with van der Waals surface area (Å²) in [4.78, 5) is 28.6. The second kappa shape index (κ2) is 7.99. The normalized spacial score (nSPS) is 16.4. The molecule has 0 bridgehead atoms. The first-order chi connectivity index (χ1) is 9.08. The molecule has 0 spiro atoms. The van der Waals surface area contributed by atoms with Crippen molar-refractivity contribution in [1.29, 1.82) is 0 Å². The van der Waals surface area contributed by atoms with Crippen molar-refractivity contribution < 1.29 is 14.7 Å². The van der Waals surface area contributed by atoms with Gasteiger partial charge in [0.1, 0.15) is 6.54 Å². The maximum atomic E-state index is 12.3. The third-order valence-corrected chi connectivity index (χ3v) is 3.27. The van der Waals surface area contributed by atoms with Gasteiger partial charge in [0.2, 0.25) is 0 Å². The second-order valence-electron chi connectivity index (χ2n) is 4.93. The van der Waals surface area contributed by atoms with E-state index in [2.05, 4.69) is 11.8 Å². The third-order valence-electron chi connectivity index (χ3n) is 3.27. The molecule has 1 heterocycles. The Hall–Kier alpha value is -1.30. The molecular formula is C13H25N3O3. The first-order valence-electron chi connectivity index (χ1n) is 7.06. The molecule has 0 atom stereocenters. The SMILES string of the molecule is CCCN1CCN(C(=O)N(CCC)CC(=O)O)CC1. The van der Waals surface area contributed by atoms with Crippen LogP contribution in [0.5, 0.6) is 0 Å². The summed E-state index contributed by atoms with van der Waals surface area (Å²) in [6, 6.07) is -0.139. The molecule has 1 N–H and O–H groups in total. The zero-order valence-electron chi connectivity index (χ0n) is 12.0. The molecule has 0 saturated carbocycles. The zero-order valence-corrected chi connectivity index (χ0v) is 12.0. The highest BCUT2D eigenvalue weighted by Crippen LogP contribution is 2.07. The van der Waals surface area contributed by atoms with E-state index >= 15 is 0 Å². The molecule has 110 valence electrons. The van der Waals surface area contributed by atoms with Crippen LogP contribution in [0.4, 0.5) is 4.79 Å². The van der Waals surface area contributed by atoms with Crippen molar-refractivity contribution in [3.8, 4) is 0 Å². The lowest BCUT2D eigenvalue weighted by molar-refractivity contribution is -0.137. The molecule has 1 rings (SSSR count). The van der Waals surface area contributed by atoms with E-state index in [1.807, 2.05) is 6.92 Å². The van der Waals surface area contributed by atoms with Crippen molar-refractivity contribution in [3.63, 3.8) is 0 Å². The first kappa shape index (κ1) is 15.8. The number of hydrogen-bond acceptors (Lipinski definition) is 3. The van der Waals surface area contributed by atoms with E-state index in [1.54, 1.807) is 4.90 Å². The van der Waals surface area contributed by atoms with Crippen LogP contribution in [0.15, 0.2) is 0 Å². The van der Waals surface area contributed by atoms with Gasteiger partial charge in [-0.05, 0) is 19.4 Å². The molecule has 0 aromatic rings. The Morgan fingerprint density at radius 3 is 2.21 bits per heavy atom. The Balaban J connectivity index is 2.49. The lowest BCUT2D eigenvalue weighted by Crippen LogP contribution is -2.53. The number of hydrogen-bond donors (Lipinski definition) is 1. The lowest BCUT2D eigenvalue weighted by atomic mass is 10.3. The fourth-order valence-electron chi connectivity index (χ4n) is 2.35. The molecule has 1 aliphatic heterocycles. The number of nitrogens with zero attached hydrogens (tertiary/aromatic N) is 3. The van der Waals surface area contributed by atoms with E-state index in [1.165, 1.54) is 4.90 Å². The number of carboxylic acids is 1. The van der Waals surface area contributed by atoms with E-state index < -0.39 is 5.97 Å². The van der Waals surface area contributed by atoms with Gasteiger partial charge in [-0.25, -0.2) is 4.79 Å². The van der Waals surface area contributed by atoms with Gasteiger partial charge in [0.05, 0.1) is 0 Å². The molecule has 1 saturated heterocycles. The molecule has 0 aliphatic carbocycles. The molecule has 1 aliphatic rings. The predicted octanol–water partition coefficient (Wildman–Crippen LogP) is 0.931. The van der Waals surface area contributed by atoms with Gasteiger partial charge in [-0.3, -0.25) is 9.69 Å². The number of piperazine rings is 1. The number of carbonyl (C=O) groups is 2. The molecule has 6 nitrogen and oxygen atoms in total. The Bertz CT molecular complexity index is 302. The monoisotopic (exact) mass is 271 g/mol. The van der Waals surface area contributed by atoms with E-state index in [9.17, 15) is 9.59 Å². The second-order valence-corrected chi connectivity index (χ2v) is 4.93. The van der Waals surface area contributed by atoms with E-state index in [4.69, 9.17) is 5.11 Å². The summed E-state index contributed by atoms with van der Waals surface area (Å²) >= 11 is 0. The molecule has 0 radical (unpaired) electrons. The van der Waals surface area contributed by atoms with Crippen LogP contribution in [-0.4, -0.2) is 77.6 Å². The number of carbonyl (C=O) groups excluding carboxylic acids is 1. The third kappa shape index (κ3) is 5.06. The van der Waals surface area contributed by atoms with Gasteiger partial charge in [0.25, 0.3) is 0 Å². The predicted molar refractivity (Wildman–Crippen MR) is 73.2 cm³/mol. The highest BCUT2D eigenvalue weighted by molar-refractivity contribution is 5.80. The van der Waals surface area contributed by atoms with Crippen LogP contribution in [0.3, 0.4) is 0 Å². The fraction of sp³-hybridized carbons (Fsp3) is 0.846. The summed E-state index contributed by atoms with van der Waals surface area (Å²) in [6.07, 6.45) is 1.89. The number of rotatable bonds is 6. The largest absolute Gasteiger partial charge is 0.480 e. The topological polar surface area (TPSA) is 64.1 Å². The van der Waals surface area contributed by atoms with Gasteiger partial charge < -0.3 is 14.9 Å². The van der Waals surface area contributed by atoms with Gasteiger partial charge in [-0.1, -0.05) is 13.8 Å². The summed E-state index contributed by atoms with van der Waals surface area (Å²) in [6.45, 7) is 8.60. The number of amides is 2. The quantitative estimate of drug-likeness (QED) is 0.780. The van der Waals surface area contributed by atoms with Crippen LogP contribution in [0.1, 0.15) is 26.7 Å². The average molecular weight is 271 g/mol. The molecule has 0 aromatic carbocycles. The van der Waals surface area contributed by atoms with Gasteiger partial charge in [-0.2, -0.15) is 0 Å². The highest BCUT2D eigenvalue weighted by Gasteiger charge is 2.25. The highest BCUT2D eigenvalue weighted by atomic mass is 16.4. The molecule has 0 unspecified atom stereocenters. The summed E-state index contributed by atoms with van der Waals surface area (Å²) < 4.78 is 0. The number of aliphatic carboxylic acids is 1. The van der Waals surface area contributed by atoms with Crippen molar-refractivity contribution in [2.45, 2.75) is 26.7 Å². The zero-order chi connectivity index (χ0) is 14.3. The van der Waals surface area contributed by atoms with E-state index in [-0.39, 0.29) is 12.6 Å². The minimum Gasteiger partial charge on any atom is -0.480 e. The summed E-state index contributed by atoms with van der Waals surface area (Å²) in [5, 5.41) is 8.85. The van der Waals surface area contributed by atoms with Crippen LogP contribution in [-0.2, 0) is 4.79 Å². The smallest absolute Gasteiger partial charge is 0.323 e. The molecule has 6 heteroatoms. The van der Waals surface area contributed by atoms with Crippen molar-refractivity contribution in [1.82, 2.24) is 14.7 Å². The number of carboxylic acid groups (broad SMARTS) is 1. The minimum atomic E-state index is -0.952. The fourth-order valence-corrected chi connectivity index (χ4v) is 2.35. The van der Waals surface area contributed by atoms with E-state index in [0.717, 1.165) is 32.5 Å². The van der Waals surface area contributed by atoms with Crippen LogP contribution in [0.25, 0.3) is 0 Å². The average Bonchev–Trinajstić information content (AvgIpc) is 2.38. The Labute approximate surface area is 115 Å².